The zero-order valence-corrected chi connectivity index (χ0v) is 16.9. The molecule has 0 N–H and O–H groups in total. The first-order valence-electron chi connectivity index (χ1n) is 10.9. The molecule has 1 saturated carbocycles. The van der Waals surface area contributed by atoms with Gasteiger partial charge in [0.2, 0.25) is 6.79 Å². The predicted molar refractivity (Wildman–Crippen MR) is 115 cm³/mol. The van der Waals surface area contributed by atoms with Gasteiger partial charge in [0, 0.05) is 6.21 Å². The summed E-state index contributed by atoms with van der Waals surface area (Å²) in [6.45, 7) is 2.60. The van der Waals surface area contributed by atoms with Gasteiger partial charge in [-0.2, -0.15) is 0 Å². The molecule has 148 valence electrons. The number of nitrogens with zero attached hydrogens (tertiary/aromatic N) is 1. The third kappa shape index (κ3) is 4.76. The molecule has 0 saturated heterocycles. The normalized spacial score (nSPS) is 21.3. The maximum atomic E-state index is 5.42. The Morgan fingerprint density at radius 1 is 0.929 bits per heavy atom. The number of aliphatic imine (C=N–C) groups is 1. The number of hydrogen-bond acceptors (Lipinski definition) is 3. The zero-order chi connectivity index (χ0) is 19.2. The van der Waals surface area contributed by atoms with Crippen molar-refractivity contribution in [2.75, 3.05) is 6.79 Å². The van der Waals surface area contributed by atoms with E-state index in [0.29, 0.717) is 6.79 Å². The van der Waals surface area contributed by atoms with E-state index in [-0.39, 0.29) is 0 Å². The van der Waals surface area contributed by atoms with Gasteiger partial charge in [0.1, 0.15) is 0 Å². The Bertz CT molecular complexity index is 789. The van der Waals surface area contributed by atoms with E-state index < -0.39 is 0 Å². The summed E-state index contributed by atoms with van der Waals surface area (Å²) >= 11 is 0. The van der Waals surface area contributed by atoms with E-state index in [2.05, 4.69) is 36.2 Å². The van der Waals surface area contributed by atoms with Crippen LogP contribution < -0.4 is 9.47 Å². The highest BCUT2D eigenvalue weighted by Gasteiger charge is 2.21. The molecule has 0 aromatic heterocycles. The fourth-order valence-corrected chi connectivity index (χ4v) is 4.44. The maximum Gasteiger partial charge on any atom is 0.231 e. The van der Waals surface area contributed by atoms with E-state index in [1.807, 2.05) is 24.4 Å². The van der Waals surface area contributed by atoms with Crippen LogP contribution in [0.3, 0.4) is 0 Å². The number of hydrogen-bond donors (Lipinski definition) is 0. The van der Waals surface area contributed by atoms with Crippen LogP contribution in [-0.4, -0.2) is 13.0 Å². The molecule has 2 aromatic rings. The molecule has 0 spiro atoms. The number of unbranched alkanes of at least 4 members (excludes halogenated alkanes) is 2. The van der Waals surface area contributed by atoms with Gasteiger partial charge in [0.25, 0.3) is 0 Å². The minimum Gasteiger partial charge on any atom is -0.454 e. The van der Waals surface area contributed by atoms with Crippen molar-refractivity contribution in [1.82, 2.24) is 0 Å². The standard InChI is InChI=1S/C25H31NO2/c1-2-3-4-5-19-6-9-21(10-7-19)22-11-13-23(14-12-22)26-17-20-8-15-24-25(16-20)28-18-27-24/h8,11-17,19,21H,2-7,9-10,18H2,1H3. The van der Waals surface area contributed by atoms with Gasteiger partial charge in [0.15, 0.2) is 11.5 Å². The Kier molecular flexibility index (Phi) is 6.31. The largest absolute Gasteiger partial charge is 0.454 e. The monoisotopic (exact) mass is 377 g/mol. The average molecular weight is 378 g/mol. The highest BCUT2D eigenvalue weighted by atomic mass is 16.7. The van der Waals surface area contributed by atoms with E-state index in [9.17, 15) is 0 Å². The lowest BCUT2D eigenvalue weighted by Crippen LogP contribution is -2.13. The first-order chi connectivity index (χ1) is 13.8. The summed E-state index contributed by atoms with van der Waals surface area (Å²) in [4.78, 5) is 4.62. The molecule has 3 heteroatoms. The lowest BCUT2D eigenvalue weighted by molar-refractivity contribution is 0.174. The topological polar surface area (TPSA) is 30.8 Å². The molecule has 1 aliphatic heterocycles. The van der Waals surface area contributed by atoms with Crippen LogP contribution in [-0.2, 0) is 0 Å². The Morgan fingerprint density at radius 3 is 2.50 bits per heavy atom. The fraction of sp³-hybridized carbons (Fsp3) is 0.480. The number of fused-ring (bicyclic) bond motifs is 1. The van der Waals surface area contributed by atoms with Gasteiger partial charge in [-0.05, 0) is 79.0 Å². The predicted octanol–water partition coefficient (Wildman–Crippen LogP) is 7.02. The summed E-state index contributed by atoms with van der Waals surface area (Å²) in [5, 5.41) is 0. The Balaban J connectivity index is 1.30. The molecule has 0 bridgehead atoms. The molecule has 0 radical (unpaired) electrons. The van der Waals surface area contributed by atoms with Gasteiger partial charge in [-0.3, -0.25) is 4.99 Å². The van der Waals surface area contributed by atoms with Crippen LogP contribution in [0.15, 0.2) is 47.5 Å². The lowest BCUT2D eigenvalue weighted by Gasteiger charge is -2.29. The van der Waals surface area contributed by atoms with Gasteiger partial charge >= 0.3 is 0 Å². The molecule has 1 heterocycles. The smallest absolute Gasteiger partial charge is 0.231 e. The second-order valence-corrected chi connectivity index (χ2v) is 8.18. The fourth-order valence-electron chi connectivity index (χ4n) is 4.44. The van der Waals surface area contributed by atoms with Crippen molar-refractivity contribution in [3.8, 4) is 11.5 Å². The second-order valence-electron chi connectivity index (χ2n) is 8.18. The molecule has 0 amide bonds. The van der Waals surface area contributed by atoms with Crippen LogP contribution in [0, 0.1) is 5.92 Å². The second kappa shape index (κ2) is 9.27. The van der Waals surface area contributed by atoms with E-state index in [4.69, 9.17) is 9.47 Å². The number of ether oxygens (including phenoxy) is 2. The van der Waals surface area contributed by atoms with Crippen molar-refractivity contribution in [2.24, 2.45) is 10.9 Å². The minimum atomic E-state index is 0.304. The lowest BCUT2D eigenvalue weighted by atomic mass is 9.77. The summed E-state index contributed by atoms with van der Waals surface area (Å²) in [6, 6.07) is 14.7. The van der Waals surface area contributed by atoms with Crippen molar-refractivity contribution >= 4 is 11.9 Å². The Hall–Kier alpha value is -2.29. The molecule has 0 unspecified atom stereocenters. The van der Waals surface area contributed by atoms with Crippen molar-refractivity contribution in [2.45, 2.75) is 64.2 Å². The zero-order valence-electron chi connectivity index (χ0n) is 16.9. The van der Waals surface area contributed by atoms with Crippen LogP contribution in [0.25, 0.3) is 0 Å². The van der Waals surface area contributed by atoms with Crippen molar-refractivity contribution < 1.29 is 9.47 Å². The quantitative estimate of drug-likeness (QED) is 0.383. The third-order valence-corrected chi connectivity index (χ3v) is 6.19. The molecule has 2 aromatic carbocycles. The van der Waals surface area contributed by atoms with E-state index in [1.165, 1.54) is 56.9 Å². The molecular formula is C25H31NO2. The minimum absolute atomic E-state index is 0.304. The third-order valence-electron chi connectivity index (χ3n) is 6.19. The van der Waals surface area contributed by atoms with E-state index >= 15 is 0 Å². The van der Waals surface area contributed by atoms with Crippen molar-refractivity contribution in [1.29, 1.82) is 0 Å². The Labute approximate surface area is 168 Å². The molecule has 0 atom stereocenters. The van der Waals surface area contributed by atoms with Crippen molar-refractivity contribution in [3.05, 3.63) is 53.6 Å². The van der Waals surface area contributed by atoms with Crippen molar-refractivity contribution in [3.63, 3.8) is 0 Å². The van der Waals surface area contributed by atoms with Crippen LogP contribution >= 0.6 is 0 Å². The van der Waals surface area contributed by atoms with Gasteiger partial charge < -0.3 is 9.47 Å². The first-order valence-corrected chi connectivity index (χ1v) is 10.9. The number of rotatable bonds is 7. The van der Waals surface area contributed by atoms with Crippen LogP contribution in [0.4, 0.5) is 5.69 Å². The molecule has 28 heavy (non-hydrogen) atoms. The summed E-state index contributed by atoms with van der Waals surface area (Å²) in [6.07, 6.45) is 13.0. The summed E-state index contributed by atoms with van der Waals surface area (Å²) in [5.41, 5.74) is 3.50. The molecule has 1 aliphatic carbocycles. The average Bonchev–Trinajstić information content (AvgIpc) is 3.21. The molecule has 2 aliphatic rings. The Morgan fingerprint density at radius 2 is 1.71 bits per heavy atom. The highest BCUT2D eigenvalue weighted by Crippen LogP contribution is 2.38. The van der Waals surface area contributed by atoms with Gasteiger partial charge in [-0.1, -0.05) is 44.7 Å². The van der Waals surface area contributed by atoms with Gasteiger partial charge in [0.05, 0.1) is 5.69 Å². The van der Waals surface area contributed by atoms with Crippen LogP contribution in [0.2, 0.25) is 0 Å². The molecular weight excluding hydrogens is 346 g/mol. The molecule has 4 rings (SSSR count). The summed E-state index contributed by atoms with van der Waals surface area (Å²) in [7, 11) is 0. The van der Waals surface area contributed by atoms with Gasteiger partial charge in [-0.25, -0.2) is 0 Å². The van der Waals surface area contributed by atoms with E-state index in [0.717, 1.165) is 34.6 Å². The van der Waals surface area contributed by atoms with Crippen LogP contribution in [0.1, 0.15) is 75.3 Å². The summed E-state index contributed by atoms with van der Waals surface area (Å²) < 4.78 is 10.8. The molecule has 1 fully saturated rings. The SMILES string of the molecule is CCCCCC1CCC(c2ccc(N=Cc3ccc4c(c3)OCO4)cc2)CC1. The molecule has 3 nitrogen and oxygen atoms in total. The van der Waals surface area contributed by atoms with Crippen LogP contribution in [0.5, 0.6) is 11.5 Å². The van der Waals surface area contributed by atoms with Gasteiger partial charge in [-0.15, -0.1) is 0 Å². The number of benzene rings is 2. The first kappa shape index (κ1) is 19.0. The summed E-state index contributed by atoms with van der Waals surface area (Å²) in [5.74, 6) is 3.30. The highest BCUT2D eigenvalue weighted by molar-refractivity contribution is 5.83. The van der Waals surface area contributed by atoms with E-state index in [1.54, 1.807) is 0 Å². The maximum absolute atomic E-state index is 5.42.